The number of nitrogens with zero attached hydrogens (tertiary/aromatic N) is 2. The van der Waals surface area contributed by atoms with Crippen LogP contribution in [-0.2, 0) is 40.2 Å². The first-order valence-electron chi connectivity index (χ1n) is 14.7. The molecule has 19 heteroatoms. The summed E-state index contributed by atoms with van der Waals surface area (Å²) < 4.78 is 24.0. The molecule has 0 fully saturated rings. The van der Waals surface area contributed by atoms with Crippen LogP contribution >= 0.6 is 0 Å². The molecule has 1 aromatic rings. The van der Waals surface area contributed by atoms with Gasteiger partial charge in [0.15, 0.2) is 11.9 Å². The highest BCUT2D eigenvalue weighted by atomic mass is 32.2. The van der Waals surface area contributed by atoms with Crippen molar-refractivity contribution < 1.29 is 37.5 Å². The number of rotatable bonds is 21. The van der Waals surface area contributed by atoms with Crippen LogP contribution in [0.5, 0.6) is 5.75 Å². The first kappa shape index (κ1) is 40.1. The van der Waals surface area contributed by atoms with Crippen molar-refractivity contribution in [1.82, 2.24) is 21.3 Å². The second-order valence-electron chi connectivity index (χ2n) is 10.8. The van der Waals surface area contributed by atoms with E-state index in [1.807, 2.05) is 0 Å². The molecule has 0 saturated carbocycles. The van der Waals surface area contributed by atoms with E-state index in [2.05, 4.69) is 31.3 Å². The zero-order valence-electron chi connectivity index (χ0n) is 26.5. The van der Waals surface area contributed by atoms with E-state index in [-0.39, 0.29) is 62.9 Å². The first-order valence-corrected chi connectivity index (χ1v) is 16.8. The molecule has 13 N–H and O–H groups in total. The molecule has 0 bridgehead atoms. The van der Waals surface area contributed by atoms with Gasteiger partial charge in [0.1, 0.15) is 40.0 Å². The van der Waals surface area contributed by atoms with Gasteiger partial charge in [-0.25, -0.2) is 8.42 Å². The van der Waals surface area contributed by atoms with Gasteiger partial charge in [-0.15, -0.1) is 0 Å². The average molecular weight is 683 g/mol. The van der Waals surface area contributed by atoms with E-state index in [1.54, 1.807) is 0 Å². The Morgan fingerprint density at radius 3 is 1.77 bits per heavy atom. The fraction of sp³-hybridized carbons (Fsp3) is 0.536. The highest BCUT2D eigenvalue weighted by Gasteiger charge is 2.31. The largest absolute Gasteiger partial charge is 0.508 e. The third-order valence-electron chi connectivity index (χ3n) is 6.52. The Hall–Kier alpha value is -4.94. The molecule has 18 nitrogen and oxygen atoms in total. The fourth-order valence-corrected chi connectivity index (χ4v) is 4.88. The van der Waals surface area contributed by atoms with Crippen molar-refractivity contribution in [2.45, 2.75) is 69.6 Å². The number of aliphatic imine (C=N–C) groups is 2. The minimum Gasteiger partial charge on any atom is -0.508 e. The summed E-state index contributed by atoms with van der Waals surface area (Å²) in [7, 11) is -3.59. The Bertz CT molecular complexity index is 1380. The predicted octanol–water partition coefficient (Wildman–Crippen LogP) is -3.37. The maximum atomic E-state index is 13.6. The Balaban J connectivity index is 3.25. The number of carbonyl (C=O) groups is 5. The fourth-order valence-electron chi connectivity index (χ4n) is 4.22. The molecule has 0 radical (unpaired) electrons. The van der Waals surface area contributed by atoms with Crippen molar-refractivity contribution in [3.8, 4) is 5.75 Å². The average Bonchev–Trinajstić information content (AvgIpc) is 2.97. The van der Waals surface area contributed by atoms with E-state index >= 15 is 0 Å². The van der Waals surface area contributed by atoms with Gasteiger partial charge in [0.05, 0.1) is 11.8 Å². The van der Waals surface area contributed by atoms with Gasteiger partial charge < -0.3 is 54.1 Å². The van der Waals surface area contributed by atoms with Crippen LogP contribution in [0.4, 0.5) is 0 Å². The van der Waals surface area contributed by atoms with Crippen molar-refractivity contribution >= 4 is 51.7 Å². The molecule has 1 rings (SSSR count). The number of guanidine groups is 2. The summed E-state index contributed by atoms with van der Waals surface area (Å²) in [5, 5.41) is 19.7. The molecule has 0 aromatic heterocycles. The number of phenols is 1. The molecule has 4 amide bonds. The molecule has 47 heavy (non-hydrogen) atoms. The molecule has 0 aliphatic carbocycles. The number of sulfone groups is 1. The van der Waals surface area contributed by atoms with Crippen molar-refractivity contribution in [3.05, 3.63) is 29.8 Å². The summed E-state index contributed by atoms with van der Waals surface area (Å²) in [5.74, 6) is -3.74. The van der Waals surface area contributed by atoms with Crippen molar-refractivity contribution in [3.63, 3.8) is 0 Å². The lowest BCUT2D eigenvalue weighted by Crippen LogP contribution is -2.58. The van der Waals surface area contributed by atoms with E-state index in [9.17, 15) is 37.5 Å². The normalized spacial score (nSPS) is 13.5. The molecular weight excluding hydrogens is 636 g/mol. The van der Waals surface area contributed by atoms with Crippen LogP contribution in [-0.4, -0.2) is 105 Å². The van der Waals surface area contributed by atoms with Crippen molar-refractivity contribution in [1.29, 1.82) is 0 Å². The number of carbonyl (C=O) groups excluding carboxylic acids is 5. The van der Waals surface area contributed by atoms with Crippen LogP contribution in [0.1, 0.15) is 44.6 Å². The first-order chi connectivity index (χ1) is 22.0. The zero-order valence-corrected chi connectivity index (χ0v) is 27.3. The summed E-state index contributed by atoms with van der Waals surface area (Å²) in [5.41, 5.74) is 21.8. The smallest absolute Gasteiger partial charge is 0.243 e. The van der Waals surface area contributed by atoms with Crippen LogP contribution in [0, 0.1) is 0 Å². The van der Waals surface area contributed by atoms with E-state index in [0.717, 1.165) is 6.26 Å². The maximum absolute atomic E-state index is 13.6. The summed E-state index contributed by atoms with van der Waals surface area (Å²) in [4.78, 5) is 71.4. The molecule has 0 saturated heterocycles. The SMILES string of the molecule is CC(=O)N[C@@H](CCCN=C(N)N)C(=O)N[C@@H](CCS(C)(=O)=O)C(=O)N[C@@H](Cc1ccc(O)cc1)C(=O)N[C@H](C=O)CCCN=C(N)N. The molecule has 0 heterocycles. The van der Waals surface area contributed by atoms with Gasteiger partial charge in [-0.1, -0.05) is 12.1 Å². The molecule has 0 aliphatic heterocycles. The van der Waals surface area contributed by atoms with Gasteiger partial charge in [-0.2, -0.15) is 0 Å². The lowest BCUT2D eigenvalue weighted by atomic mass is 10.0. The number of hydrogen-bond donors (Lipinski definition) is 9. The van der Waals surface area contributed by atoms with E-state index < -0.39 is 63.4 Å². The van der Waals surface area contributed by atoms with E-state index in [0.29, 0.717) is 18.3 Å². The topological polar surface area (TPSA) is 317 Å². The number of nitrogens with one attached hydrogen (secondary N) is 4. The minimum absolute atomic E-state index is 0.0313. The third kappa shape index (κ3) is 18.0. The van der Waals surface area contributed by atoms with E-state index in [4.69, 9.17) is 22.9 Å². The van der Waals surface area contributed by atoms with Gasteiger partial charge in [-0.3, -0.25) is 29.2 Å². The molecule has 4 atom stereocenters. The van der Waals surface area contributed by atoms with Crippen molar-refractivity contribution in [2.75, 3.05) is 25.1 Å². The zero-order chi connectivity index (χ0) is 35.6. The number of aldehydes is 1. The highest BCUT2D eigenvalue weighted by molar-refractivity contribution is 7.90. The molecule has 0 aliphatic rings. The Kier molecular flexibility index (Phi) is 17.3. The number of nitrogens with two attached hydrogens (primary N) is 4. The number of amides is 4. The quantitative estimate of drug-likeness (QED) is 0.0266. The molecule has 0 unspecified atom stereocenters. The number of benzene rings is 1. The lowest BCUT2D eigenvalue weighted by Gasteiger charge is -2.26. The second-order valence-corrected chi connectivity index (χ2v) is 13.1. The van der Waals surface area contributed by atoms with E-state index in [1.165, 1.54) is 31.2 Å². The highest BCUT2D eigenvalue weighted by Crippen LogP contribution is 2.12. The molecule has 0 spiro atoms. The summed E-state index contributed by atoms with van der Waals surface area (Å²) >= 11 is 0. The van der Waals surface area contributed by atoms with Crippen LogP contribution < -0.4 is 44.2 Å². The van der Waals surface area contributed by atoms with Crippen LogP contribution in [0.25, 0.3) is 0 Å². The van der Waals surface area contributed by atoms with Gasteiger partial charge >= 0.3 is 0 Å². The van der Waals surface area contributed by atoms with Crippen LogP contribution in [0.3, 0.4) is 0 Å². The Labute approximate surface area is 273 Å². The summed E-state index contributed by atoms with van der Waals surface area (Å²) in [6, 6.07) is 1.02. The van der Waals surface area contributed by atoms with Crippen molar-refractivity contribution in [2.24, 2.45) is 32.9 Å². The van der Waals surface area contributed by atoms with Gasteiger partial charge in [0.25, 0.3) is 0 Å². The Morgan fingerprint density at radius 2 is 1.28 bits per heavy atom. The van der Waals surface area contributed by atoms with Gasteiger partial charge in [0, 0.05) is 32.7 Å². The number of phenolic OH excluding ortho intramolecular Hbond substituents is 1. The second kappa shape index (κ2) is 20.2. The molecule has 1 aromatic carbocycles. The number of hydrogen-bond acceptors (Lipinski definition) is 10. The summed E-state index contributed by atoms with van der Waals surface area (Å²) in [6.07, 6.45) is 1.96. The minimum atomic E-state index is -3.59. The maximum Gasteiger partial charge on any atom is 0.243 e. The lowest BCUT2D eigenvalue weighted by molar-refractivity contribution is -0.134. The van der Waals surface area contributed by atoms with Crippen LogP contribution in [0.2, 0.25) is 0 Å². The van der Waals surface area contributed by atoms with Gasteiger partial charge in [-0.05, 0) is 49.8 Å². The standard InChI is InChI=1S/C28H46N10O8S/c1-17(40)35-21(6-4-13-34-28(31)32)24(42)37-22(11-14-47(2,45)46)25(43)38-23(15-18-7-9-20(41)10-8-18)26(44)36-19(16-39)5-3-12-33-27(29)30/h7-10,16,19,21-23,41H,3-6,11-15H2,1-2H3,(H,35,40)(H,36,44)(H,37,42)(H,38,43)(H4,29,30,33)(H4,31,32,34)/t19-,21-,22-,23-/m0/s1. The molecular formula is C28H46N10O8S. The van der Waals surface area contributed by atoms with Crippen LogP contribution in [0.15, 0.2) is 34.3 Å². The predicted molar refractivity (Wildman–Crippen MR) is 175 cm³/mol. The Morgan fingerprint density at radius 1 is 0.787 bits per heavy atom. The number of aromatic hydroxyl groups is 1. The summed E-state index contributed by atoms with van der Waals surface area (Å²) in [6.45, 7) is 1.57. The van der Waals surface area contributed by atoms with Gasteiger partial charge in [0.2, 0.25) is 23.6 Å². The third-order valence-corrected chi connectivity index (χ3v) is 7.50. The molecule has 262 valence electrons. The monoisotopic (exact) mass is 682 g/mol.